The maximum Gasteiger partial charge on any atom is 0.406 e. The summed E-state index contributed by atoms with van der Waals surface area (Å²) in [5.41, 5.74) is 3.41. The number of halogens is 4. The van der Waals surface area contributed by atoms with Crippen molar-refractivity contribution in [2.45, 2.75) is 45.1 Å². The number of phenolic OH excluding ortho intramolecular Hbond substituents is 1. The van der Waals surface area contributed by atoms with Crippen molar-refractivity contribution < 1.29 is 37.0 Å². The molecule has 0 spiro atoms. The summed E-state index contributed by atoms with van der Waals surface area (Å²) in [6.07, 6.45) is -1.95. The van der Waals surface area contributed by atoms with Crippen molar-refractivity contribution in [1.82, 2.24) is 19.4 Å². The van der Waals surface area contributed by atoms with Crippen LogP contribution in [-0.4, -0.2) is 94.9 Å². The number of carbonyl (C=O) groups excluding carboxylic acids is 2. The van der Waals surface area contributed by atoms with Crippen LogP contribution in [0.3, 0.4) is 0 Å². The number of alkyl halides is 3. The van der Waals surface area contributed by atoms with Crippen LogP contribution in [0.1, 0.15) is 43.1 Å². The van der Waals surface area contributed by atoms with Gasteiger partial charge in [-0.1, -0.05) is 24.3 Å². The fourth-order valence-electron chi connectivity index (χ4n) is 8.25. The Kier molecular flexibility index (Phi) is 10.3. The van der Waals surface area contributed by atoms with E-state index in [4.69, 9.17) is 4.74 Å². The summed E-state index contributed by atoms with van der Waals surface area (Å²) in [5.74, 6) is -1.15. The molecule has 1 fully saturated rings. The SMILES string of the molecule is Cc1c(C(=O)N(c2ccc(O)cc2)c2cnc3c(c2)CCN3C)cc(-c2cc(F)ccc2C(=O)N2Cc3ccccc3C[C@H]2CN2CCOCC2)n1CC(F)(F)F. The molecule has 3 aliphatic heterocycles. The molecule has 57 heavy (non-hydrogen) atoms. The quantitative estimate of drug-likeness (QED) is 0.168. The van der Waals surface area contributed by atoms with Crippen molar-refractivity contribution in [3.05, 3.63) is 124 Å². The number of nitrogens with zero attached hydrogens (tertiary/aromatic N) is 6. The smallest absolute Gasteiger partial charge is 0.406 e. The molecule has 14 heteroatoms. The fourth-order valence-corrected chi connectivity index (χ4v) is 8.25. The first-order valence-corrected chi connectivity index (χ1v) is 18.9. The van der Waals surface area contributed by atoms with Gasteiger partial charge in [0.05, 0.1) is 36.4 Å². The lowest BCUT2D eigenvalue weighted by atomic mass is 9.92. The summed E-state index contributed by atoms with van der Waals surface area (Å²) >= 11 is 0. The van der Waals surface area contributed by atoms with Crippen LogP contribution in [0.15, 0.2) is 85.1 Å². The second kappa shape index (κ2) is 15.3. The number of ether oxygens (including phenoxy) is 1. The van der Waals surface area contributed by atoms with Crippen molar-refractivity contribution in [2.75, 3.05) is 56.2 Å². The maximum atomic E-state index is 15.3. The summed E-state index contributed by atoms with van der Waals surface area (Å²) in [7, 11) is 1.91. The number of aromatic hydroxyl groups is 1. The summed E-state index contributed by atoms with van der Waals surface area (Å²) in [5, 5.41) is 10.1. The lowest BCUT2D eigenvalue weighted by molar-refractivity contribution is -0.140. The molecule has 296 valence electrons. The van der Waals surface area contributed by atoms with E-state index in [0.717, 1.165) is 45.8 Å². The minimum atomic E-state index is -4.73. The summed E-state index contributed by atoms with van der Waals surface area (Å²) in [6.45, 7) is 4.01. The standard InChI is InChI=1S/C43H42F4N6O4/c1-27-37(42(56)53(32-8-10-35(54)11-9-32)33-20-29-13-14-49(2)40(29)48-23-33)22-39(52(27)26-43(45,46)47)38-21-31(44)7-12-36(38)41(55)51-24-30-6-4-3-5-28(30)19-34(51)25-50-15-17-57-18-16-50/h3-12,20-23,34,54H,13-19,24-26H2,1-2H3/t34-/m0/s1. The van der Waals surface area contributed by atoms with Gasteiger partial charge in [-0.2, -0.15) is 13.2 Å². The van der Waals surface area contributed by atoms with Crippen molar-refractivity contribution in [2.24, 2.45) is 0 Å². The average molecular weight is 783 g/mol. The number of pyridine rings is 1. The highest BCUT2D eigenvalue weighted by molar-refractivity contribution is 6.12. The molecule has 1 N–H and O–H groups in total. The molecule has 0 aliphatic carbocycles. The highest BCUT2D eigenvalue weighted by Crippen LogP contribution is 2.38. The highest BCUT2D eigenvalue weighted by atomic mass is 19.4. The zero-order valence-electron chi connectivity index (χ0n) is 31.6. The lowest BCUT2D eigenvalue weighted by Crippen LogP contribution is -2.52. The molecular weight excluding hydrogens is 741 g/mol. The zero-order valence-corrected chi connectivity index (χ0v) is 31.6. The molecule has 0 radical (unpaired) electrons. The van der Waals surface area contributed by atoms with Crippen molar-refractivity contribution >= 4 is 29.0 Å². The molecule has 1 saturated heterocycles. The number of fused-ring (bicyclic) bond motifs is 2. The molecule has 2 aromatic heterocycles. The Bertz CT molecular complexity index is 2320. The number of likely N-dealkylation sites (N-methyl/N-ethyl adjacent to an activating group) is 1. The Labute approximate surface area is 327 Å². The molecule has 3 aromatic carbocycles. The minimum absolute atomic E-state index is 0.0185. The number of amides is 2. The number of rotatable bonds is 8. The molecule has 1 atom stereocenters. The van der Waals surface area contributed by atoms with Gasteiger partial charge in [0.15, 0.2) is 0 Å². The number of anilines is 3. The van der Waals surface area contributed by atoms with E-state index in [1.54, 1.807) is 4.90 Å². The van der Waals surface area contributed by atoms with E-state index in [1.807, 2.05) is 42.3 Å². The zero-order chi connectivity index (χ0) is 40.0. The Morgan fingerprint density at radius 3 is 2.39 bits per heavy atom. The second-order valence-electron chi connectivity index (χ2n) is 14.9. The van der Waals surface area contributed by atoms with Gasteiger partial charge in [0.1, 0.15) is 23.9 Å². The van der Waals surface area contributed by atoms with Crippen LogP contribution < -0.4 is 9.80 Å². The molecule has 2 amide bonds. The molecule has 5 aromatic rings. The third-order valence-corrected chi connectivity index (χ3v) is 11.2. The van der Waals surface area contributed by atoms with Gasteiger partial charge in [0.25, 0.3) is 11.8 Å². The van der Waals surface area contributed by atoms with Gasteiger partial charge in [-0.25, -0.2) is 9.37 Å². The minimum Gasteiger partial charge on any atom is -0.508 e. The van der Waals surface area contributed by atoms with Crippen LogP contribution in [0.25, 0.3) is 11.3 Å². The van der Waals surface area contributed by atoms with E-state index in [1.165, 1.54) is 54.4 Å². The average Bonchev–Trinajstić information content (AvgIpc) is 3.72. The van der Waals surface area contributed by atoms with Crippen LogP contribution in [0.2, 0.25) is 0 Å². The number of benzene rings is 3. The van der Waals surface area contributed by atoms with Crippen LogP contribution in [-0.2, 0) is 30.7 Å². The van der Waals surface area contributed by atoms with Gasteiger partial charge in [0, 0.05) is 68.3 Å². The molecular formula is C43H42F4N6O4. The van der Waals surface area contributed by atoms with Gasteiger partial charge in [-0.3, -0.25) is 19.4 Å². The maximum absolute atomic E-state index is 15.3. The first kappa shape index (κ1) is 38.2. The van der Waals surface area contributed by atoms with Gasteiger partial charge in [0.2, 0.25) is 0 Å². The van der Waals surface area contributed by atoms with E-state index in [0.29, 0.717) is 57.1 Å². The lowest BCUT2D eigenvalue weighted by Gasteiger charge is -2.40. The number of aromatic nitrogens is 2. The Morgan fingerprint density at radius 1 is 0.912 bits per heavy atom. The van der Waals surface area contributed by atoms with E-state index < -0.39 is 30.4 Å². The van der Waals surface area contributed by atoms with E-state index in [9.17, 15) is 27.9 Å². The monoisotopic (exact) mass is 782 g/mol. The van der Waals surface area contributed by atoms with Gasteiger partial charge in [-0.05, 0) is 91.1 Å². The Morgan fingerprint density at radius 2 is 1.65 bits per heavy atom. The van der Waals surface area contributed by atoms with Crippen molar-refractivity contribution in [1.29, 1.82) is 0 Å². The number of carbonyl (C=O) groups is 2. The summed E-state index contributed by atoms with van der Waals surface area (Å²) < 4.78 is 65.1. The van der Waals surface area contributed by atoms with Crippen LogP contribution in [0.5, 0.6) is 5.75 Å². The Balaban J connectivity index is 1.23. The van der Waals surface area contributed by atoms with E-state index in [2.05, 4.69) is 9.88 Å². The van der Waals surface area contributed by atoms with Gasteiger partial charge < -0.3 is 24.2 Å². The predicted octanol–water partition coefficient (Wildman–Crippen LogP) is 7.14. The van der Waals surface area contributed by atoms with Crippen molar-refractivity contribution in [3.63, 3.8) is 0 Å². The highest BCUT2D eigenvalue weighted by Gasteiger charge is 2.37. The number of phenols is 1. The van der Waals surface area contributed by atoms with Crippen LogP contribution >= 0.6 is 0 Å². The first-order valence-electron chi connectivity index (χ1n) is 18.9. The van der Waals surface area contributed by atoms with Crippen molar-refractivity contribution in [3.8, 4) is 17.0 Å². The molecule has 5 heterocycles. The van der Waals surface area contributed by atoms with Gasteiger partial charge >= 0.3 is 6.18 Å². The fraction of sp³-hybridized carbons (Fsp3) is 0.326. The molecule has 0 saturated carbocycles. The summed E-state index contributed by atoms with van der Waals surface area (Å²) in [4.78, 5) is 41.6. The van der Waals surface area contributed by atoms with E-state index in [-0.39, 0.29) is 46.4 Å². The summed E-state index contributed by atoms with van der Waals surface area (Å²) in [6, 6.07) is 20.1. The second-order valence-corrected chi connectivity index (χ2v) is 14.9. The van der Waals surface area contributed by atoms with Gasteiger partial charge in [-0.15, -0.1) is 0 Å². The first-order chi connectivity index (χ1) is 27.3. The van der Waals surface area contributed by atoms with E-state index >= 15 is 4.39 Å². The van der Waals surface area contributed by atoms with Crippen LogP contribution in [0.4, 0.5) is 34.8 Å². The largest absolute Gasteiger partial charge is 0.508 e. The number of hydrogen-bond acceptors (Lipinski definition) is 7. The topological polar surface area (TPSA) is 94.4 Å². The number of morpholine rings is 1. The predicted molar refractivity (Wildman–Crippen MR) is 207 cm³/mol. The number of hydrogen-bond donors (Lipinski definition) is 1. The normalized spacial score (nSPS) is 17.1. The molecule has 0 unspecified atom stereocenters. The third kappa shape index (κ3) is 7.71. The molecule has 0 bridgehead atoms. The Hall–Kier alpha value is -5.73. The molecule has 10 nitrogen and oxygen atoms in total. The van der Waals surface area contributed by atoms with Crippen LogP contribution in [0, 0.1) is 12.7 Å². The third-order valence-electron chi connectivity index (χ3n) is 11.2. The molecule has 8 rings (SSSR count). The molecule has 3 aliphatic rings.